The van der Waals surface area contributed by atoms with Crippen LogP contribution in [-0.4, -0.2) is 38.9 Å². The summed E-state index contributed by atoms with van der Waals surface area (Å²) in [6, 6.07) is 0. The maximum absolute atomic E-state index is 11.7. The molecule has 0 aromatic carbocycles. The third-order valence-electron chi connectivity index (χ3n) is 3.12. The van der Waals surface area contributed by atoms with E-state index >= 15 is 0 Å². The van der Waals surface area contributed by atoms with Crippen LogP contribution in [0.1, 0.15) is 18.2 Å². The molecule has 0 radical (unpaired) electrons. The second-order valence-electron chi connectivity index (χ2n) is 4.30. The second kappa shape index (κ2) is 5.29. The SMILES string of the molecule is CS[C@H]1C[C@H](n2cc(C)c(=O)[nH]c2=O)O[C@@H]1CO. The number of hydrogen-bond acceptors (Lipinski definition) is 5. The number of aromatic amines is 1. The highest BCUT2D eigenvalue weighted by atomic mass is 32.2. The van der Waals surface area contributed by atoms with Crippen LogP contribution in [0.2, 0.25) is 0 Å². The highest BCUT2D eigenvalue weighted by molar-refractivity contribution is 7.99. The Morgan fingerprint density at radius 2 is 2.33 bits per heavy atom. The topological polar surface area (TPSA) is 84.3 Å². The van der Waals surface area contributed by atoms with Crippen LogP contribution in [0.4, 0.5) is 0 Å². The first kappa shape index (κ1) is 13.4. The Morgan fingerprint density at radius 1 is 1.61 bits per heavy atom. The maximum atomic E-state index is 11.7. The van der Waals surface area contributed by atoms with E-state index in [1.165, 1.54) is 10.8 Å². The van der Waals surface area contributed by atoms with Gasteiger partial charge in [0, 0.05) is 23.4 Å². The predicted molar refractivity (Wildman–Crippen MR) is 69.0 cm³/mol. The van der Waals surface area contributed by atoms with Crippen molar-refractivity contribution < 1.29 is 9.84 Å². The molecule has 1 aromatic rings. The normalized spacial score (nSPS) is 27.6. The molecule has 0 spiro atoms. The highest BCUT2D eigenvalue weighted by Crippen LogP contribution is 2.34. The van der Waals surface area contributed by atoms with E-state index in [-0.39, 0.29) is 23.5 Å². The van der Waals surface area contributed by atoms with Gasteiger partial charge in [-0.15, -0.1) is 0 Å². The Bertz CT molecular complexity index is 527. The zero-order chi connectivity index (χ0) is 13.3. The van der Waals surface area contributed by atoms with Crippen LogP contribution in [0.25, 0.3) is 0 Å². The van der Waals surface area contributed by atoms with Gasteiger partial charge in [0.1, 0.15) is 6.23 Å². The molecule has 0 bridgehead atoms. The Kier molecular flexibility index (Phi) is 3.94. The predicted octanol–water partition coefficient (Wildman–Crippen LogP) is -0.144. The summed E-state index contributed by atoms with van der Waals surface area (Å²) >= 11 is 1.60. The van der Waals surface area contributed by atoms with Crippen molar-refractivity contribution in [2.24, 2.45) is 0 Å². The number of rotatable bonds is 3. The minimum Gasteiger partial charge on any atom is -0.394 e. The molecule has 2 heterocycles. The lowest BCUT2D eigenvalue weighted by Gasteiger charge is -2.15. The van der Waals surface area contributed by atoms with Crippen LogP contribution >= 0.6 is 11.8 Å². The van der Waals surface area contributed by atoms with Crippen molar-refractivity contribution >= 4 is 11.8 Å². The fraction of sp³-hybridized carbons (Fsp3) is 0.636. The number of aliphatic hydroxyl groups is 1. The number of aryl methyl sites for hydroxylation is 1. The summed E-state index contributed by atoms with van der Waals surface area (Å²) in [7, 11) is 0. The summed E-state index contributed by atoms with van der Waals surface area (Å²) in [5, 5.41) is 9.37. The zero-order valence-corrected chi connectivity index (χ0v) is 11.1. The van der Waals surface area contributed by atoms with Gasteiger partial charge in [-0.1, -0.05) is 0 Å². The van der Waals surface area contributed by atoms with Crippen molar-refractivity contribution in [3.63, 3.8) is 0 Å². The van der Waals surface area contributed by atoms with Crippen molar-refractivity contribution in [2.75, 3.05) is 12.9 Å². The van der Waals surface area contributed by atoms with Crippen molar-refractivity contribution in [1.82, 2.24) is 9.55 Å². The lowest BCUT2D eigenvalue weighted by molar-refractivity contribution is -0.0238. The number of thioether (sulfide) groups is 1. The molecule has 3 atom stereocenters. The van der Waals surface area contributed by atoms with Gasteiger partial charge in [-0.2, -0.15) is 11.8 Å². The van der Waals surface area contributed by atoms with E-state index in [9.17, 15) is 14.7 Å². The first-order valence-corrected chi connectivity index (χ1v) is 6.96. The van der Waals surface area contributed by atoms with E-state index in [1.54, 1.807) is 18.7 Å². The van der Waals surface area contributed by atoms with Crippen LogP contribution in [0, 0.1) is 6.92 Å². The van der Waals surface area contributed by atoms with E-state index in [2.05, 4.69) is 4.98 Å². The monoisotopic (exact) mass is 272 g/mol. The van der Waals surface area contributed by atoms with Crippen molar-refractivity contribution in [3.05, 3.63) is 32.6 Å². The summed E-state index contributed by atoms with van der Waals surface area (Å²) in [5.41, 5.74) is -0.394. The molecule has 0 saturated carbocycles. The molecule has 1 fully saturated rings. The molecule has 2 N–H and O–H groups in total. The summed E-state index contributed by atoms with van der Waals surface area (Å²) in [6.07, 6.45) is 3.38. The van der Waals surface area contributed by atoms with Crippen LogP contribution in [0.3, 0.4) is 0 Å². The maximum Gasteiger partial charge on any atom is 0.330 e. The number of ether oxygens (including phenoxy) is 1. The first-order valence-electron chi connectivity index (χ1n) is 5.68. The van der Waals surface area contributed by atoms with E-state index in [0.29, 0.717) is 12.0 Å². The molecular formula is C11H16N2O4S. The minimum atomic E-state index is -0.478. The molecule has 1 aliphatic rings. The Hall–Kier alpha value is -1.05. The minimum absolute atomic E-state index is 0.0703. The average Bonchev–Trinajstić information content (AvgIpc) is 2.76. The molecule has 1 aromatic heterocycles. The van der Waals surface area contributed by atoms with Crippen LogP contribution in [-0.2, 0) is 4.74 Å². The smallest absolute Gasteiger partial charge is 0.330 e. The summed E-state index contributed by atoms with van der Waals surface area (Å²) < 4.78 is 7.03. The van der Waals surface area contributed by atoms with E-state index < -0.39 is 11.9 Å². The molecule has 1 aliphatic heterocycles. The molecule has 0 amide bonds. The van der Waals surface area contributed by atoms with Gasteiger partial charge in [0.2, 0.25) is 0 Å². The van der Waals surface area contributed by atoms with E-state index in [0.717, 1.165) is 0 Å². The Morgan fingerprint density at radius 3 is 2.89 bits per heavy atom. The zero-order valence-electron chi connectivity index (χ0n) is 10.3. The molecule has 7 heteroatoms. The van der Waals surface area contributed by atoms with Crippen molar-refractivity contribution in [1.29, 1.82) is 0 Å². The molecule has 2 rings (SSSR count). The average molecular weight is 272 g/mol. The number of aromatic nitrogens is 2. The third kappa shape index (κ3) is 2.38. The van der Waals surface area contributed by atoms with Crippen molar-refractivity contribution in [3.8, 4) is 0 Å². The van der Waals surface area contributed by atoms with Gasteiger partial charge in [-0.25, -0.2) is 4.79 Å². The number of H-pyrrole nitrogens is 1. The molecule has 1 saturated heterocycles. The number of nitrogens with one attached hydrogen (secondary N) is 1. The van der Waals surface area contributed by atoms with Gasteiger partial charge in [0.05, 0.1) is 12.7 Å². The lowest BCUT2D eigenvalue weighted by Crippen LogP contribution is -2.33. The van der Waals surface area contributed by atoms with E-state index in [1.807, 2.05) is 6.26 Å². The second-order valence-corrected chi connectivity index (χ2v) is 5.38. The molecule has 0 unspecified atom stereocenters. The largest absolute Gasteiger partial charge is 0.394 e. The van der Waals surface area contributed by atoms with E-state index in [4.69, 9.17) is 4.74 Å². The molecule has 6 nitrogen and oxygen atoms in total. The molecule has 0 aliphatic carbocycles. The quantitative estimate of drug-likeness (QED) is 0.800. The van der Waals surface area contributed by atoms with Gasteiger partial charge in [0.25, 0.3) is 5.56 Å². The number of hydrogen-bond donors (Lipinski definition) is 2. The summed E-state index contributed by atoms with van der Waals surface area (Å²) in [4.78, 5) is 25.3. The molecule has 18 heavy (non-hydrogen) atoms. The number of nitrogens with zero attached hydrogens (tertiary/aromatic N) is 1. The summed E-state index contributed by atoms with van der Waals surface area (Å²) in [5.74, 6) is 0. The molecular weight excluding hydrogens is 256 g/mol. The molecule has 100 valence electrons. The van der Waals surface area contributed by atoms with Crippen LogP contribution in [0.5, 0.6) is 0 Å². The fourth-order valence-corrected chi connectivity index (χ4v) is 2.89. The standard InChI is InChI=1S/C11H16N2O4S/c1-6-4-13(11(16)12-10(6)15)9-3-8(18-2)7(5-14)17-9/h4,7-9,14H,3,5H2,1-2H3,(H,12,15,16)/t7-,8+,9-/m1/s1. The third-order valence-corrected chi connectivity index (χ3v) is 4.22. The van der Waals surface area contributed by atoms with Crippen LogP contribution in [0.15, 0.2) is 15.8 Å². The van der Waals surface area contributed by atoms with Gasteiger partial charge < -0.3 is 9.84 Å². The Labute approximate surface area is 108 Å². The number of aliphatic hydroxyl groups excluding tert-OH is 1. The van der Waals surface area contributed by atoms with Crippen molar-refractivity contribution in [2.45, 2.75) is 30.9 Å². The van der Waals surface area contributed by atoms with Crippen LogP contribution < -0.4 is 11.2 Å². The van der Waals surface area contributed by atoms with Gasteiger partial charge in [-0.05, 0) is 13.2 Å². The van der Waals surface area contributed by atoms with Gasteiger partial charge in [0.15, 0.2) is 0 Å². The van der Waals surface area contributed by atoms with Gasteiger partial charge >= 0.3 is 5.69 Å². The van der Waals surface area contributed by atoms with Gasteiger partial charge in [-0.3, -0.25) is 14.3 Å². The first-order chi connectivity index (χ1) is 8.56. The highest BCUT2D eigenvalue weighted by Gasteiger charge is 2.35. The fourth-order valence-electron chi connectivity index (χ4n) is 2.08. The summed E-state index contributed by atoms with van der Waals surface area (Å²) in [6.45, 7) is 1.57. The Balaban J connectivity index is 2.31. The lowest BCUT2D eigenvalue weighted by atomic mass is 10.2.